The van der Waals surface area contributed by atoms with Crippen LogP contribution in [0.3, 0.4) is 0 Å². The number of ketones is 1. The second kappa shape index (κ2) is 10.2. The van der Waals surface area contributed by atoms with E-state index < -0.39 is 47.8 Å². The second-order valence-electron chi connectivity index (χ2n) is 6.84. The van der Waals surface area contributed by atoms with Crippen molar-refractivity contribution in [3.8, 4) is 5.75 Å². The van der Waals surface area contributed by atoms with Crippen molar-refractivity contribution in [2.75, 3.05) is 5.32 Å². The maximum Gasteiger partial charge on any atom is 0.259 e. The molecule has 1 amide bonds. The number of carbonyl (C=O) groups is 2. The maximum atomic E-state index is 13.2. The molecular weight excluding hydrogens is 374 g/mol. The first-order valence-corrected chi connectivity index (χ1v) is 9.51. The fraction of sp³-hybridized carbons (Fsp3) is 0.154. The lowest BCUT2D eigenvalue weighted by Crippen LogP contribution is -2.23. The Morgan fingerprint density at radius 2 is 1.67 bits per heavy atom. The highest BCUT2D eigenvalue weighted by molar-refractivity contribution is 6.26. The van der Waals surface area contributed by atoms with Crippen LogP contribution in [0.15, 0.2) is 90.4 Å². The quantitative estimate of drug-likeness (QED) is 0.306. The van der Waals surface area contributed by atoms with Crippen LogP contribution < -0.4 is 10.1 Å². The largest absolute Gasteiger partial charge is 0.487 e. The first-order valence-electron chi connectivity index (χ1n) is 12.0. The van der Waals surface area contributed by atoms with Crippen LogP contribution >= 0.6 is 0 Å². The number of anilines is 1. The van der Waals surface area contributed by atoms with E-state index in [1.807, 2.05) is 30.3 Å². The van der Waals surface area contributed by atoms with Crippen LogP contribution in [0.1, 0.15) is 31.8 Å². The van der Waals surface area contributed by atoms with Gasteiger partial charge in [0, 0.05) is 5.92 Å². The lowest BCUT2D eigenvalue weighted by molar-refractivity contribution is -0.121. The maximum absolute atomic E-state index is 13.2. The third-order valence-corrected chi connectivity index (χ3v) is 4.21. The van der Waals surface area contributed by atoms with Gasteiger partial charge in [-0.3, -0.25) is 9.59 Å². The fourth-order valence-corrected chi connectivity index (χ4v) is 2.66. The summed E-state index contributed by atoms with van der Waals surface area (Å²) in [4.78, 5) is 26.2. The number of hydrogen-bond acceptors (Lipinski definition) is 3. The molecule has 3 aromatic carbocycles. The molecule has 0 saturated carbocycles. The summed E-state index contributed by atoms with van der Waals surface area (Å²) < 4.78 is 45.6. The molecule has 0 aromatic heterocycles. The first-order chi connectivity index (χ1) is 16.6. The third-order valence-electron chi connectivity index (χ3n) is 4.21. The normalized spacial score (nSPS) is 13.6. The molecular formula is C26H25NO3. The van der Waals surface area contributed by atoms with Crippen molar-refractivity contribution >= 4 is 23.5 Å². The molecule has 0 spiro atoms. The van der Waals surface area contributed by atoms with E-state index in [0.717, 1.165) is 11.6 Å². The van der Waals surface area contributed by atoms with Crippen molar-refractivity contribution in [3.05, 3.63) is 102 Å². The summed E-state index contributed by atoms with van der Waals surface area (Å²) in [6.07, 6.45) is 1.06. The number of para-hydroxylation sites is 2. The van der Waals surface area contributed by atoms with Crippen molar-refractivity contribution in [1.29, 1.82) is 0 Å². The Balaban J connectivity index is 1.97. The van der Waals surface area contributed by atoms with Gasteiger partial charge < -0.3 is 10.1 Å². The van der Waals surface area contributed by atoms with Gasteiger partial charge in [-0.15, -0.1) is 0 Å². The number of rotatable bonds is 8. The number of nitrogens with one attached hydrogen (secondary N) is 1. The topological polar surface area (TPSA) is 55.4 Å². The van der Waals surface area contributed by atoms with Gasteiger partial charge in [0.15, 0.2) is 5.78 Å². The number of carbonyl (C=O) groups excluding carboxylic acids is 2. The molecule has 0 heterocycles. The van der Waals surface area contributed by atoms with Gasteiger partial charge in [0.05, 0.1) is 18.1 Å². The van der Waals surface area contributed by atoms with Gasteiger partial charge in [0.25, 0.3) is 5.91 Å². The molecule has 0 saturated heterocycles. The van der Waals surface area contributed by atoms with E-state index in [4.69, 9.17) is 11.6 Å². The minimum Gasteiger partial charge on any atom is -0.487 e. The third kappa shape index (κ3) is 5.67. The molecule has 0 aliphatic heterocycles. The number of hydrogen-bond donors (Lipinski definition) is 1. The summed E-state index contributed by atoms with van der Waals surface area (Å²) in [5.74, 6) is -1.48. The molecule has 3 rings (SSSR count). The van der Waals surface area contributed by atoms with Crippen molar-refractivity contribution in [3.63, 3.8) is 0 Å². The molecule has 4 nitrogen and oxygen atoms in total. The highest BCUT2D eigenvalue weighted by Crippen LogP contribution is 2.26. The fourth-order valence-electron chi connectivity index (χ4n) is 2.66. The van der Waals surface area contributed by atoms with Crippen LogP contribution in [-0.4, -0.2) is 11.7 Å². The Hall–Kier alpha value is -3.66. The predicted octanol–water partition coefficient (Wildman–Crippen LogP) is 5.51. The minimum absolute atomic E-state index is 0.233. The van der Waals surface area contributed by atoms with Gasteiger partial charge in [0.2, 0.25) is 0 Å². The summed E-state index contributed by atoms with van der Waals surface area (Å²) in [6.45, 7) is 3.49. The van der Waals surface area contributed by atoms with E-state index in [1.54, 1.807) is 38.1 Å². The monoisotopic (exact) mass is 404 g/mol. The summed E-state index contributed by atoms with van der Waals surface area (Å²) in [5.41, 5.74) is 0.711. The zero-order valence-electron chi connectivity index (χ0n) is 21.8. The average molecular weight is 405 g/mol. The van der Waals surface area contributed by atoms with Crippen molar-refractivity contribution < 1.29 is 21.2 Å². The van der Waals surface area contributed by atoms with Crippen LogP contribution in [-0.2, 0) is 16.2 Å². The average Bonchev–Trinajstić information content (AvgIpc) is 2.86. The van der Waals surface area contributed by atoms with Crippen LogP contribution in [0.2, 0.25) is 0 Å². The molecule has 0 aliphatic carbocycles. The van der Waals surface area contributed by atoms with E-state index >= 15 is 0 Å². The zero-order valence-corrected chi connectivity index (χ0v) is 16.8. The molecule has 3 aromatic rings. The molecule has 152 valence electrons. The van der Waals surface area contributed by atoms with Crippen molar-refractivity contribution in [2.24, 2.45) is 5.92 Å². The Morgan fingerprint density at radius 3 is 2.37 bits per heavy atom. The van der Waals surface area contributed by atoms with E-state index in [-0.39, 0.29) is 17.7 Å². The van der Waals surface area contributed by atoms with Gasteiger partial charge in [-0.25, -0.2) is 0 Å². The van der Waals surface area contributed by atoms with Crippen molar-refractivity contribution in [1.82, 2.24) is 0 Å². The molecule has 0 unspecified atom stereocenters. The molecule has 0 radical (unpaired) electrons. The Kier molecular flexibility index (Phi) is 5.18. The molecule has 0 aliphatic rings. The Morgan fingerprint density at radius 1 is 1.00 bits per heavy atom. The van der Waals surface area contributed by atoms with Gasteiger partial charge >= 0.3 is 0 Å². The van der Waals surface area contributed by atoms with E-state index in [9.17, 15) is 9.59 Å². The van der Waals surface area contributed by atoms with E-state index in [1.165, 1.54) is 0 Å². The molecule has 0 bridgehead atoms. The molecule has 4 heteroatoms. The van der Waals surface area contributed by atoms with E-state index in [2.05, 4.69) is 5.32 Å². The van der Waals surface area contributed by atoms with Crippen LogP contribution in [0.4, 0.5) is 5.69 Å². The summed E-state index contributed by atoms with van der Waals surface area (Å²) in [6, 6.07) is 13.6. The summed E-state index contributed by atoms with van der Waals surface area (Å²) in [5, 5.41) is 2.68. The zero-order chi connectivity index (χ0) is 25.7. The number of benzene rings is 3. The molecule has 0 atom stereocenters. The van der Waals surface area contributed by atoms with Crippen LogP contribution in [0, 0.1) is 5.92 Å². The smallest absolute Gasteiger partial charge is 0.259 e. The molecule has 30 heavy (non-hydrogen) atoms. The van der Waals surface area contributed by atoms with Crippen LogP contribution in [0.25, 0.3) is 6.08 Å². The van der Waals surface area contributed by atoms with Gasteiger partial charge in [0.1, 0.15) is 12.4 Å². The standard InChI is InChI=1S/C26H25NO3/c1-19(2)25(28)22(17-20-11-5-3-6-12-20)26(29)27-23-15-9-10-16-24(23)30-18-21-13-7-4-8-14-21/h3-17,19H,18H2,1-2H3,(H,27,29)/b22-17-/i3D,5D,6D,11D,12D. The second-order valence-corrected chi connectivity index (χ2v) is 6.84. The highest BCUT2D eigenvalue weighted by atomic mass is 16.5. The summed E-state index contributed by atoms with van der Waals surface area (Å²) in [7, 11) is 0. The van der Waals surface area contributed by atoms with Gasteiger partial charge in [-0.1, -0.05) is 86.5 Å². The predicted molar refractivity (Wildman–Crippen MR) is 120 cm³/mol. The van der Waals surface area contributed by atoms with E-state index in [0.29, 0.717) is 11.4 Å². The number of ether oxygens (including phenoxy) is 1. The van der Waals surface area contributed by atoms with Crippen molar-refractivity contribution in [2.45, 2.75) is 20.5 Å². The van der Waals surface area contributed by atoms with Crippen LogP contribution in [0.5, 0.6) is 5.75 Å². The number of Topliss-reactive ketones (excluding diaryl/α,β-unsaturated/α-hetero) is 1. The van der Waals surface area contributed by atoms with Gasteiger partial charge in [-0.2, -0.15) is 0 Å². The molecule has 0 fully saturated rings. The van der Waals surface area contributed by atoms with Gasteiger partial charge in [-0.05, 0) is 29.3 Å². The Labute approximate surface area is 184 Å². The Bertz CT molecular complexity index is 1260. The minimum atomic E-state index is -0.772. The number of amides is 1. The highest BCUT2D eigenvalue weighted by Gasteiger charge is 2.22. The lowest BCUT2D eigenvalue weighted by Gasteiger charge is -2.14. The lowest BCUT2D eigenvalue weighted by atomic mass is 9.98. The first kappa shape index (κ1) is 15.2. The SMILES string of the molecule is [2H]c1c([2H])c([2H])c(/C=C(\C(=O)Nc2ccccc2OCc2ccccc2)C(=O)C(C)C)c([2H])c1[2H]. The molecule has 1 N–H and O–H groups in total. The summed E-state index contributed by atoms with van der Waals surface area (Å²) >= 11 is 0.